The van der Waals surface area contributed by atoms with E-state index in [1.165, 1.54) is 0 Å². The molecule has 0 fully saturated rings. The summed E-state index contributed by atoms with van der Waals surface area (Å²) < 4.78 is 5.98. The fourth-order valence-corrected chi connectivity index (χ4v) is 1.50. The molecule has 2 rings (SSSR count). The summed E-state index contributed by atoms with van der Waals surface area (Å²) >= 11 is 0. The van der Waals surface area contributed by atoms with Gasteiger partial charge in [-0.05, 0) is 26.8 Å². The van der Waals surface area contributed by atoms with Crippen LogP contribution >= 0.6 is 0 Å². The molecule has 0 spiro atoms. The molecule has 0 unspecified atom stereocenters. The van der Waals surface area contributed by atoms with E-state index >= 15 is 0 Å². The number of hydrogen-bond acceptors (Lipinski definition) is 5. The average Bonchev–Trinajstić information content (AvgIpc) is 2.19. The van der Waals surface area contributed by atoms with Gasteiger partial charge in [-0.2, -0.15) is 5.10 Å². The quantitative estimate of drug-likeness (QED) is 0.705. The molecule has 0 N–H and O–H groups in total. The van der Waals surface area contributed by atoms with Crippen LogP contribution in [0.3, 0.4) is 0 Å². The van der Waals surface area contributed by atoms with Crippen molar-refractivity contribution in [3.05, 3.63) is 32.7 Å². The van der Waals surface area contributed by atoms with Crippen LogP contribution in [0.5, 0.6) is 0 Å². The first kappa shape index (κ1) is 10.5. The van der Waals surface area contributed by atoms with Gasteiger partial charge < -0.3 is 4.42 Å². The molecule has 0 aliphatic carbocycles. The van der Waals surface area contributed by atoms with E-state index in [9.17, 15) is 9.59 Å². The van der Waals surface area contributed by atoms with E-state index in [2.05, 4.69) is 10.2 Å². The predicted molar refractivity (Wildman–Crippen MR) is 57.5 cm³/mol. The number of nitrogens with zero attached hydrogens (tertiary/aromatic N) is 3. The molecule has 2 aromatic rings. The van der Waals surface area contributed by atoms with E-state index < -0.39 is 5.76 Å². The summed E-state index contributed by atoms with van der Waals surface area (Å²) in [5.74, 6) is -0.703. The fraction of sp³-hybridized carbons (Fsp3) is 0.400. The van der Waals surface area contributed by atoms with Crippen molar-refractivity contribution in [1.82, 2.24) is 14.8 Å². The van der Waals surface area contributed by atoms with Gasteiger partial charge in [0.2, 0.25) is 0 Å². The Kier molecular flexibility index (Phi) is 2.34. The molecular formula is C10H11N3O3. The lowest BCUT2D eigenvalue weighted by atomic mass is 10.3. The number of aromatic nitrogens is 3. The summed E-state index contributed by atoms with van der Waals surface area (Å²) in [6.07, 6.45) is 0. The first-order valence-corrected chi connectivity index (χ1v) is 4.90. The Hall–Kier alpha value is -1.98. The van der Waals surface area contributed by atoms with E-state index in [1.54, 1.807) is 26.8 Å². The standard InChI is InChI=1S/C10H11N3O3/c1-5(2)13-9(14)7-4-6(3)11-12-8(7)16-10(13)15/h4-5H,1-3H3. The van der Waals surface area contributed by atoms with Crippen LogP contribution in [0, 0.1) is 6.92 Å². The number of fused-ring (bicyclic) bond motifs is 1. The molecule has 6 heteroatoms. The molecular weight excluding hydrogens is 210 g/mol. The molecule has 0 aromatic carbocycles. The van der Waals surface area contributed by atoms with Gasteiger partial charge in [0.05, 0.1) is 5.69 Å². The Morgan fingerprint density at radius 1 is 1.31 bits per heavy atom. The Morgan fingerprint density at radius 2 is 2.00 bits per heavy atom. The predicted octanol–water partition coefficient (Wildman–Crippen LogP) is 0.634. The Bertz CT molecular complexity index is 654. The van der Waals surface area contributed by atoms with Gasteiger partial charge in [0, 0.05) is 6.04 Å². The van der Waals surface area contributed by atoms with Crippen molar-refractivity contribution in [2.24, 2.45) is 0 Å². The molecule has 0 aliphatic heterocycles. The van der Waals surface area contributed by atoms with Crippen LogP contribution in [0.25, 0.3) is 11.1 Å². The SMILES string of the molecule is Cc1cc2c(=O)n(C(C)C)c(=O)oc2nn1. The highest BCUT2D eigenvalue weighted by molar-refractivity contribution is 5.70. The molecule has 0 saturated carbocycles. The Morgan fingerprint density at radius 3 is 2.62 bits per heavy atom. The van der Waals surface area contributed by atoms with Gasteiger partial charge >= 0.3 is 5.76 Å². The highest BCUT2D eigenvalue weighted by atomic mass is 16.4. The molecule has 16 heavy (non-hydrogen) atoms. The summed E-state index contributed by atoms with van der Waals surface area (Å²) in [5.41, 5.74) is 0.200. The van der Waals surface area contributed by atoms with Crippen molar-refractivity contribution < 1.29 is 4.42 Å². The highest BCUT2D eigenvalue weighted by Gasteiger charge is 2.13. The zero-order valence-corrected chi connectivity index (χ0v) is 9.22. The third-order valence-electron chi connectivity index (χ3n) is 2.23. The minimum Gasteiger partial charge on any atom is -0.388 e. The van der Waals surface area contributed by atoms with E-state index in [1.807, 2.05) is 0 Å². The summed E-state index contributed by atoms with van der Waals surface area (Å²) in [4.78, 5) is 23.5. The van der Waals surface area contributed by atoms with Gasteiger partial charge in [-0.3, -0.25) is 4.79 Å². The third kappa shape index (κ3) is 1.52. The maximum absolute atomic E-state index is 12.0. The Balaban J connectivity index is 2.97. The lowest BCUT2D eigenvalue weighted by molar-refractivity contribution is 0.419. The molecule has 0 amide bonds. The molecule has 0 aliphatic rings. The second kappa shape index (κ2) is 3.55. The zero-order chi connectivity index (χ0) is 11.9. The molecule has 2 heterocycles. The fourth-order valence-electron chi connectivity index (χ4n) is 1.50. The van der Waals surface area contributed by atoms with Gasteiger partial charge in [0.1, 0.15) is 5.39 Å². The van der Waals surface area contributed by atoms with Crippen LogP contribution in [-0.2, 0) is 0 Å². The van der Waals surface area contributed by atoms with Crippen LogP contribution in [0.15, 0.2) is 20.1 Å². The van der Waals surface area contributed by atoms with E-state index in [-0.39, 0.29) is 22.7 Å². The first-order valence-electron chi connectivity index (χ1n) is 4.90. The van der Waals surface area contributed by atoms with Crippen molar-refractivity contribution in [3.63, 3.8) is 0 Å². The highest BCUT2D eigenvalue weighted by Crippen LogP contribution is 2.05. The first-order chi connectivity index (χ1) is 7.50. The van der Waals surface area contributed by atoms with Gasteiger partial charge in [0.25, 0.3) is 11.3 Å². The lowest BCUT2D eigenvalue weighted by Gasteiger charge is -2.07. The maximum Gasteiger partial charge on any atom is 0.423 e. The van der Waals surface area contributed by atoms with Crippen molar-refractivity contribution >= 4 is 11.1 Å². The molecule has 0 atom stereocenters. The topological polar surface area (TPSA) is 78.0 Å². The number of hydrogen-bond donors (Lipinski definition) is 0. The molecule has 0 saturated heterocycles. The average molecular weight is 221 g/mol. The van der Waals surface area contributed by atoms with Crippen LogP contribution < -0.4 is 11.3 Å². The van der Waals surface area contributed by atoms with Gasteiger partial charge in [-0.25, -0.2) is 9.36 Å². The Labute approximate surface area is 90.5 Å². The minimum atomic E-state index is -0.703. The largest absolute Gasteiger partial charge is 0.423 e. The minimum absolute atomic E-state index is 0.0162. The van der Waals surface area contributed by atoms with Crippen LogP contribution in [0.1, 0.15) is 25.6 Å². The monoisotopic (exact) mass is 221 g/mol. The van der Waals surface area contributed by atoms with Crippen LogP contribution in [-0.4, -0.2) is 14.8 Å². The lowest BCUT2D eigenvalue weighted by Crippen LogP contribution is -2.34. The maximum atomic E-state index is 12.0. The third-order valence-corrected chi connectivity index (χ3v) is 2.23. The normalized spacial score (nSPS) is 11.2. The summed E-state index contributed by atoms with van der Waals surface area (Å²) in [6.45, 7) is 5.20. The molecule has 0 radical (unpaired) electrons. The summed E-state index contributed by atoms with van der Waals surface area (Å²) in [5, 5.41) is 7.68. The zero-order valence-electron chi connectivity index (χ0n) is 9.22. The molecule has 0 bridgehead atoms. The van der Waals surface area contributed by atoms with Crippen molar-refractivity contribution in [1.29, 1.82) is 0 Å². The smallest absolute Gasteiger partial charge is 0.388 e. The van der Waals surface area contributed by atoms with Crippen molar-refractivity contribution in [3.8, 4) is 0 Å². The van der Waals surface area contributed by atoms with Gasteiger partial charge in [-0.1, -0.05) is 0 Å². The van der Waals surface area contributed by atoms with Crippen molar-refractivity contribution in [2.75, 3.05) is 0 Å². The van der Waals surface area contributed by atoms with Crippen molar-refractivity contribution in [2.45, 2.75) is 26.8 Å². The van der Waals surface area contributed by atoms with Gasteiger partial charge in [0.15, 0.2) is 0 Å². The van der Waals surface area contributed by atoms with E-state index in [0.29, 0.717) is 5.69 Å². The number of rotatable bonds is 1. The summed E-state index contributed by atoms with van der Waals surface area (Å²) in [6, 6.07) is 1.31. The second-order valence-corrected chi connectivity index (χ2v) is 3.84. The van der Waals surface area contributed by atoms with Crippen LogP contribution in [0.4, 0.5) is 0 Å². The second-order valence-electron chi connectivity index (χ2n) is 3.84. The van der Waals surface area contributed by atoms with E-state index in [0.717, 1.165) is 4.57 Å². The number of aryl methyl sites for hydroxylation is 1. The van der Waals surface area contributed by atoms with E-state index in [4.69, 9.17) is 4.42 Å². The van der Waals surface area contributed by atoms with Crippen LogP contribution in [0.2, 0.25) is 0 Å². The summed E-state index contributed by atoms with van der Waals surface area (Å²) in [7, 11) is 0. The molecule has 2 aromatic heterocycles. The van der Waals surface area contributed by atoms with Gasteiger partial charge in [-0.15, -0.1) is 5.10 Å². The molecule has 6 nitrogen and oxygen atoms in total. The molecule has 84 valence electrons.